The Hall–Kier alpha value is -3.49. The molecule has 0 aliphatic heterocycles. The SMILES string of the molecule is O=C(Cn1nc(-c2ccco2)ccc1=O)NCCn1nc2c(cc1=O)CCC2. The first kappa shape index (κ1) is 17.9. The van der Waals surface area contributed by atoms with Crippen molar-refractivity contribution in [3.8, 4) is 11.5 Å². The molecule has 0 spiro atoms. The standard InChI is InChI=1S/C19H19N5O4/c25-17(12-24-18(26)7-6-15(22-24)16-5-2-10-28-16)20-8-9-23-19(27)11-13-3-1-4-14(13)21-23/h2,5-7,10-11H,1,3-4,8-9,12H2,(H,20,25). The largest absolute Gasteiger partial charge is 0.463 e. The number of fused-ring (bicyclic) bond motifs is 1. The van der Waals surface area contributed by atoms with Gasteiger partial charge in [0.1, 0.15) is 12.2 Å². The molecule has 0 saturated carbocycles. The van der Waals surface area contributed by atoms with Gasteiger partial charge in [-0.25, -0.2) is 9.36 Å². The molecule has 0 fully saturated rings. The van der Waals surface area contributed by atoms with Crippen molar-refractivity contribution in [1.29, 1.82) is 0 Å². The van der Waals surface area contributed by atoms with E-state index in [1.54, 1.807) is 24.3 Å². The molecule has 9 nitrogen and oxygen atoms in total. The number of hydrogen-bond acceptors (Lipinski definition) is 6. The number of hydrogen-bond donors (Lipinski definition) is 1. The molecule has 1 aliphatic rings. The molecule has 0 bridgehead atoms. The molecule has 0 aromatic carbocycles. The van der Waals surface area contributed by atoms with Crippen molar-refractivity contribution >= 4 is 5.91 Å². The zero-order valence-electron chi connectivity index (χ0n) is 15.1. The first-order chi connectivity index (χ1) is 13.6. The van der Waals surface area contributed by atoms with Gasteiger partial charge < -0.3 is 9.73 Å². The van der Waals surface area contributed by atoms with E-state index in [1.165, 1.54) is 17.0 Å². The lowest BCUT2D eigenvalue weighted by Crippen LogP contribution is -2.36. The third-order valence-electron chi connectivity index (χ3n) is 4.60. The van der Waals surface area contributed by atoms with Crippen molar-refractivity contribution in [2.75, 3.05) is 6.54 Å². The van der Waals surface area contributed by atoms with Gasteiger partial charge in [0.15, 0.2) is 5.76 Å². The molecule has 0 radical (unpaired) electrons. The summed E-state index contributed by atoms with van der Waals surface area (Å²) >= 11 is 0. The van der Waals surface area contributed by atoms with Crippen LogP contribution in [-0.2, 0) is 30.7 Å². The van der Waals surface area contributed by atoms with Crippen LogP contribution in [0.4, 0.5) is 0 Å². The van der Waals surface area contributed by atoms with E-state index in [0.717, 1.165) is 35.2 Å². The summed E-state index contributed by atoms with van der Waals surface area (Å²) in [6.07, 6.45) is 4.30. The molecule has 9 heteroatoms. The van der Waals surface area contributed by atoms with Gasteiger partial charge in [0.2, 0.25) is 5.91 Å². The smallest absolute Gasteiger partial charge is 0.267 e. The molecular weight excluding hydrogens is 362 g/mol. The maximum Gasteiger partial charge on any atom is 0.267 e. The molecule has 1 aliphatic carbocycles. The fraction of sp³-hybridized carbons (Fsp3) is 0.316. The second-order valence-corrected chi connectivity index (χ2v) is 6.57. The number of rotatable bonds is 6. The van der Waals surface area contributed by atoms with Crippen LogP contribution in [0.25, 0.3) is 11.5 Å². The maximum atomic E-state index is 12.2. The third-order valence-corrected chi connectivity index (χ3v) is 4.60. The van der Waals surface area contributed by atoms with Gasteiger partial charge in [-0.3, -0.25) is 14.4 Å². The molecule has 1 N–H and O–H groups in total. The fourth-order valence-electron chi connectivity index (χ4n) is 3.21. The lowest BCUT2D eigenvalue weighted by Gasteiger charge is -2.09. The molecule has 1 amide bonds. The summed E-state index contributed by atoms with van der Waals surface area (Å²) < 4.78 is 7.70. The van der Waals surface area contributed by atoms with Gasteiger partial charge in [-0.15, -0.1) is 0 Å². The van der Waals surface area contributed by atoms with E-state index in [2.05, 4.69) is 15.5 Å². The number of carbonyl (C=O) groups is 1. The summed E-state index contributed by atoms with van der Waals surface area (Å²) in [7, 11) is 0. The van der Waals surface area contributed by atoms with Gasteiger partial charge in [-0.1, -0.05) is 0 Å². The van der Waals surface area contributed by atoms with Gasteiger partial charge in [-0.05, 0) is 43.0 Å². The number of furan rings is 1. The number of aromatic nitrogens is 4. The third kappa shape index (κ3) is 3.78. The van der Waals surface area contributed by atoms with E-state index >= 15 is 0 Å². The molecule has 144 valence electrons. The molecule has 3 aromatic heterocycles. The summed E-state index contributed by atoms with van der Waals surface area (Å²) in [5, 5.41) is 11.2. The molecule has 0 atom stereocenters. The summed E-state index contributed by atoms with van der Waals surface area (Å²) in [6.45, 7) is 0.281. The van der Waals surface area contributed by atoms with Crippen LogP contribution in [0.5, 0.6) is 0 Å². The molecule has 3 heterocycles. The summed E-state index contributed by atoms with van der Waals surface area (Å²) in [5.74, 6) is 0.136. The van der Waals surface area contributed by atoms with Crippen LogP contribution in [0.1, 0.15) is 17.7 Å². The monoisotopic (exact) mass is 381 g/mol. The Bertz CT molecular complexity index is 1110. The van der Waals surface area contributed by atoms with Crippen LogP contribution < -0.4 is 16.4 Å². The van der Waals surface area contributed by atoms with E-state index in [0.29, 0.717) is 11.5 Å². The van der Waals surface area contributed by atoms with Crippen LogP contribution in [0.2, 0.25) is 0 Å². The Balaban J connectivity index is 1.37. The van der Waals surface area contributed by atoms with Crippen molar-refractivity contribution in [2.45, 2.75) is 32.4 Å². The highest BCUT2D eigenvalue weighted by Crippen LogP contribution is 2.17. The minimum absolute atomic E-state index is 0.168. The van der Waals surface area contributed by atoms with Crippen molar-refractivity contribution in [2.24, 2.45) is 0 Å². The maximum absolute atomic E-state index is 12.2. The van der Waals surface area contributed by atoms with Gasteiger partial charge >= 0.3 is 0 Å². The normalized spacial score (nSPS) is 12.7. The first-order valence-electron chi connectivity index (χ1n) is 9.09. The van der Waals surface area contributed by atoms with Gasteiger partial charge in [0.05, 0.1) is 18.5 Å². The van der Waals surface area contributed by atoms with Crippen molar-refractivity contribution in [1.82, 2.24) is 24.9 Å². The van der Waals surface area contributed by atoms with Crippen LogP contribution in [0, 0.1) is 0 Å². The van der Waals surface area contributed by atoms with E-state index in [1.807, 2.05) is 0 Å². The highest BCUT2D eigenvalue weighted by Gasteiger charge is 2.15. The lowest BCUT2D eigenvalue weighted by molar-refractivity contribution is -0.121. The summed E-state index contributed by atoms with van der Waals surface area (Å²) in [6, 6.07) is 7.95. The molecule has 0 saturated heterocycles. The minimum atomic E-state index is -0.387. The Kier molecular flexibility index (Phi) is 4.88. The zero-order chi connectivity index (χ0) is 19.5. The Morgan fingerprint density at radius 3 is 2.82 bits per heavy atom. The van der Waals surface area contributed by atoms with Crippen LogP contribution >= 0.6 is 0 Å². The first-order valence-corrected chi connectivity index (χ1v) is 9.09. The van der Waals surface area contributed by atoms with Crippen LogP contribution in [0.3, 0.4) is 0 Å². The van der Waals surface area contributed by atoms with E-state index < -0.39 is 0 Å². The van der Waals surface area contributed by atoms with Gasteiger partial charge in [-0.2, -0.15) is 10.2 Å². The predicted octanol–water partition coefficient (Wildman–Crippen LogP) is 0.365. The lowest BCUT2D eigenvalue weighted by atomic mass is 10.2. The van der Waals surface area contributed by atoms with Gasteiger partial charge in [0.25, 0.3) is 11.1 Å². The second-order valence-electron chi connectivity index (χ2n) is 6.57. The molecule has 28 heavy (non-hydrogen) atoms. The highest BCUT2D eigenvalue weighted by atomic mass is 16.3. The molecule has 4 rings (SSSR count). The highest BCUT2D eigenvalue weighted by molar-refractivity contribution is 5.75. The topological polar surface area (TPSA) is 112 Å². The number of nitrogens with one attached hydrogen (secondary N) is 1. The number of carbonyl (C=O) groups excluding carboxylic acids is 1. The van der Waals surface area contributed by atoms with E-state index in [9.17, 15) is 14.4 Å². The second kappa shape index (κ2) is 7.63. The quantitative estimate of drug-likeness (QED) is 0.660. The minimum Gasteiger partial charge on any atom is -0.463 e. The average molecular weight is 381 g/mol. The van der Waals surface area contributed by atoms with Crippen molar-refractivity contribution in [3.63, 3.8) is 0 Å². The molecule has 0 unspecified atom stereocenters. The summed E-state index contributed by atoms with van der Waals surface area (Å²) in [5.41, 5.74) is 1.88. The van der Waals surface area contributed by atoms with Crippen molar-refractivity contribution in [3.05, 3.63) is 68.6 Å². The Labute approximate surface area is 159 Å². The number of aryl methyl sites for hydroxylation is 2. The fourth-order valence-corrected chi connectivity index (χ4v) is 3.21. The Morgan fingerprint density at radius 1 is 1.11 bits per heavy atom. The summed E-state index contributed by atoms with van der Waals surface area (Å²) in [4.78, 5) is 36.2. The number of amides is 1. The Morgan fingerprint density at radius 2 is 2.00 bits per heavy atom. The average Bonchev–Trinajstić information content (AvgIpc) is 3.35. The van der Waals surface area contributed by atoms with E-state index in [-0.39, 0.29) is 36.7 Å². The zero-order valence-corrected chi connectivity index (χ0v) is 15.1. The van der Waals surface area contributed by atoms with Crippen LogP contribution in [-0.4, -0.2) is 32.0 Å². The molecular formula is C19H19N5O4. The van der Waals surface area contributed by atoms with Crippen molar-refractivity contribution < 1.29 is 9.21 Å². The molecule has 3 aromatic rings. The van der Waals surface area contributed by atoms with E-state index in [4.69, 9.17) is 4.42 Å². The number of nitrogens with zero attached hydrogens (tertiary/aromatic N) is 4. The van der Waals surface area contributed by atoms with Crippen LogP contribution in [0.15, 0.2) is 50.6 Å². The van der Waals surface area contributed by atoms with Gasteiger partial charge in [0, 0.05) is 18.7 Å². The predicted molar refractivity (Wildman–Crippen MR) is 99.7 cm³/mol.